The van der Waals surface area contributed by atoms with E-state index in [2.05, 4.69) is 45.0 Å². The van der Waals surface area contributed by atoms with Gasteiger partial charge in [-0.25, -0.2) is 9.67 Å². The highest BCUT2D eigenvalue weighted by atomic mass is 32.1. The van der Waals surface area contributed by atoms with Crippen molar-refractivity contribution in [2.45, 2.75) is 20.8 Å². The van der Waals surface area contributed by atoms with Gasteiger partial charge in [0.05, 0.1) is 18.2 Å². The highest BCUT2D eigenvalue weighted by Gasteiger charge is 2.10. The molecule has 0 fully saturated rings. The van der Waals surface area contributed by atoms with Gasteiger partial charge < -0.3 is 4.42 Å². The summed E-state index contributed by atoms with van der Waals surface area (Å²) < 4.78 is 7.43. The lowest BCUT2D eigenvalue weighted by molar-refractivity contribution is 0.575. The number of nitrogens with zero attached hydrogens (tertiary/aromatic N) is 3. The molecule has 0 aliphatic carbocycles. The molecule has 0 aliphatic rings. The van der Waals surface area contributed by atoms with Crippen LogP contribution in [0.2, 0.25) is 0 Å². The maximum Gasteiger partial charge on any atom is 0.211 e. The zero-order valence-electron chi connectivity index (χ0n) is 15.3. The average molecular weight is 394 g/mol. The van der Waals surface area contributed by atoms with E-state index in [0.717, 1.165) is 26.8 Å². The Bertz CT molecular complexity index is 1160. The molecule has 27 heavy (non-hydrogen) atoms. The number of hydrogen-bond donors (Lipinski definition) is 0. The van der Waals surface area contributed by atoms with Crippen LogP contribution in [-0.2, 0) is 0 Å². The van der Waals surface area contributed by atoms with Crippen LogP contribution in [0.1, 0.15) is 20.9 Å². The summed E-state index contributed by atoms with van der Waals surface area (Å²) in [5.41, 5.74) is 4.29. The van der Waals surface area contributed by atoms with Gasteiger partial charge in [-0.1, -0.05) is 6.07 Å². The van der Waals surface area contributed by atoms with Crippen molar-refractivity contribution in [3.63, 3.8) is 0 Å². The zero-order valence-corrected chi connectivity index (χ0v) is 17.0. The lowest BCUT2D eigenvalue weighted by Crippen LogP contribution is -2.11. The summed E-state index contributed by atoms with van der Waals surface area (Å²) in [6, 6.07) is 14.2. The highest BCUT2D eigenvalue weighted by Crippen LogP contribution is 2.22. The van der Waals surface area contributed by atoms with Gasteiger partial charge in [-0.3, -0.25) is 0 Å². The van der Waals surface area contributed by atoms with Gasteiger partial charge in [-0.15, -0.1) is 22.7 Å². The molecule has 0 saturated heterocycles. The van der Waals surface area contributed by atoms with E-state index in [4.69, 9.17) is 14.5 Å². The largest absolute Gasteiger partial charge is 0.463 e. The Morgan fingerprint density at radius 3 is 2.63 bits per heavy atom. The van der Waals surface area contributed by atoms with Crippen molar-refractivity contribution in [1.82, 2.24) is 4.68 Å². The van der Waals surface area contributed by atoms with Crippen LogP contribution >= 0.6 is 22.7 Å². The minimum absolute atomic E-state index is 0.771. The monoisotopic (exact) mass is 393 g/mol. The summed E-state index contributed by atoms with van der Waals surface area (Å²) in [5.74, 6) is 0.771. The third-order valence-corrected chi connectivity index (χ3v) is 5.99. The molecule has 0 radical (unpaired) electrons. The first kappa shape index (κ1) is 17.7. The fraction of sp³-hybridized carbons (Fsp3) is 0.143. The van der Waals surface area contributed by atoms with Crippen LogP contribution in [-0.4, -0.2) is 10.9 Å². The van der Waals surface area contributed by atoms with Crippen LogP contribution in [0.25, 0.3) is 11.5 Å². The highest BCUT2D eigenvalue weighted by molar-refractivity contribution is 7.13. The van der Waals surface area contributed by atoms with E-state index >= 15 is 0 Å². The van der Waals surface area contributed by atoms with E-state index < -0.39 is 0 Å². The van der Waals surface area contributed by atoms with E-state index in [0.29, 0.717) is 0 Å². The lowest BCUT2D eigenvalue weighted by atomic mass is 10.1. The third-order valence-electron chi connectivity index (χ3n) is 4.24. The van der Waals surface area contributed by atoms with E-state index in [1.165, 1.54) is 16.0 Å². The summed E-state index contributed by atoms with van der Waals surface area (Å²) in [4.78, 5) is 7.99. The Morgan fingerprint density at radius 2 is 1.93 bits per heavy atom. The molecular formula is C21H19N3OS2. The van der Waals surface area contributed by atoms with Crippen LogP contribution in [0.4, 0.5) is 5.69 Å². The van der Waals surface area contributed by atoms with Crippen LogP contribution < -0.4 is 4.80 Å². The third kappa shape index (κ3) is 3.86. The Kier molecular flexibility index (Phi) is 4.92. The average Bonchev–Trinajstić information content (AvgIpc) is 3.37. The number of furan rings is 1. The van der Waals surface area contributed by atoms with Gasteiger partial charge in [0.15, 0.2) is 5.76 Å². The normalized spacial score (nSPS) is 12.3. The van der Waals surface area contributed by atoms with Gasteiger partial charge in [0.1, 0.15) is 5.69 Å². The number of aryl methyl sites for hydroxylation is 3. The van der Waals surface area contributed by atoms with Gasteiger partial charge in [0.2, 0.25) is 4.80 Å². The Balaban J connectivity index is 1.82. The standard InChI is InChI=1S/C21H19N3OS2/c1-14-6-8-17(11-15(14)2)23-21-24(22-12-18-9-7-16(3)27-18)19(13-26-21)20-5-4-10-25-20/h4-13H,1-3H3. The molecule has 0 unspecified atom stereocenters. The number of thiazole rings is 1. The van der Waals surface area contributed by atoms with Crippen molar-refractivity contribution in [3.8, 4) is 11.5 Å². The smallest absolute Gasteiger partial charge is 0.211 e. The molecule has 0 spiro atoms. The van der Waals surface area contributed by atoms with Crippen molar-refractivity contribution in [2.75, 3.05) is 0 Å². The first-order valence-corrected chi connectivity index (χ1v) is 10.3. The summed E-state index contributed by atoms with van der Waals surface area (Å²) in [7, 11) is 0. The molecule has 6 heteroatoms. The van der Waals surface area contributed by atoms with Gasteiger partial charge in [0, 0.05) is 15.1 Å². The Hall–Kier alpha value is -2.70. The molecule has 4 rings (SSSR count). The fourth-order valence-electron chi connectivity index (χ4n) is 2.63. The summed E-state index contributed by atoms with van der Waals surface area (Å²) in [5, 5.41) is 6.72. The van der Waals surface area contributed by atoms with Crippen molar-refractivity contribution in [2.24, 2.45) is 10.1 Å². The fourth-order valence-corrected chi connectivity index (χ4v) is 4.21. The van der Waals surface area contributed by atoms with Gasteiger partial charge in [0.25, 0.3) is 0 Å². The van der Waals surface area contributed by atoms with E-state index in [1.807, 2.05) is 34.5 Å². The second-order valence-electron chi connectivity index (χ2n) is 6.27. The van der Waals surface area contributed by atoms with E-state index in [-0.39, 0.29) is 0 Å². The van der Waals surface area contributed by atoms with Gasteiger partial charge in [-0.05, 0) is 68.3 Å². The number of aromatic nitrogens is 1. The molecule has 0 saturated carbocycles. The number of hydrogen-bond acceptors (Lipinski definition) is 5. The van der Waals surface area contributed by atoms with E-state index in [1.54, 1.807) is 28.9 Å². The summed E-state index contributed by atoms with van der Waals surface area (Å²) >= 11 is 3.26. The quantitative estimate of drug-likeness (QED) is 0.397. The van der Waals surface area contributed by atoms with Crippen molar-refractivity contribution < 1.29 is 4.42 Å². The summed E-state index contributed by atoms with van der Waals surface area (Å²) in [6.45, 7) is 6.30. The van der Waals surface area contributed by atoms with Gasteiger partial charge >= 0.3 is 0 Å². The Labute approximate surface area is 165 Å². The van der Waals surface area contributed by atoms with Crippen LogP contribution in [0.15, 0.2) is 68.6 Å². The van der Waals surface area contributed by atoms with Crippen molar-refractivity contribution in [3.05, 3.63) is 79.8 Å². The SMILES string of the molecule is Cc1ccc(C=Nn2c(-c3ccco3)csc2=Nc2ccc(C)c(C)c2)s1. The molecule has 3 aromatic heterocycles. The maximum atomic E-state index is 5.59. The van der Waals surface area contributed by atoms with Crippen LogP contribution in [0.5, 0.6) is 0 Å². The van der Waals surface area contributed by atoms with Crippen molar-refractivity contribution in [1.29, 1.82) is 0 Å². The first-order chi connectivity index (χ1) is 13.1. The topological polar surface area (TPSA) is 42.8 Å². The molecule has 0 N–H and O–H groups in total. The van der Waals surface area contributed by atoms with Crippen molar-refractivity contribution >= 4 is 34.6 Å². The summed E-state index contributed by atoms with van der Waals surface area (Å²) in [6.07, 6.45) is 3.54. The molecule has 0 atom stereocenters. The molecule has 0 bridgehead atoms. The minimum Gasteiger partial charge on any atom is -0.463 e. The number of benzene rings is 1. The first-order valence-electron chi connectivity index (χ1n) is 8.57. The number of rotatable bonds is 4. The van der Waals surface area contributed by atoms with Crippen LogP contribution in [0, 0.1) is 20.8 Å². The molecule has 4 aromatic rings. The molecular weight excluding hydrogens is 374 g/mol. The van der Waals surface area contributed by atoms with E-state index in [9.17, 15) is 0 Å². The minimum atomic E-state index is 0.771. The molecule has 1 aromatic carbocycles. The molecule has 136 valence electrons. The second kappa shape index (κ2) is 7.50. The zero-order chi connectivity index (χ0) is 18.8. The Morgan fingerprint density at radius 1 is 1.04 bits per heavy atom. The molecule has 0 amide bonds. The molecule has 4 nitrogen and oxygen atoms in total. The van der Waals surface area contributed by atoms with Gasteiger partial charge in [-0.2, -0.15) is 5.10 Å². The predicted octanol–water partition coefficient (Wildman–Crippen LogP) is 5.91. The lowest BCUT2D eigenvalue weighted by Gasteiger charge is -2.02. The number of thiophene rings is 1. The molecule has 0 aliphatic heterocycles. The maximum absolute atomic E-state index is 5.59. The van der Waals surface area contributed by atoms with Crippen LogP contribution in [0.3, 0.4) is 0 Å². The molecule has 3 heterocycles. The predicted molar refractivity (Wildman–Crippen MR) is 113 cm³/mol. The second-order valence-corrected chi connectivity index (χ2v) is 8.42.